The number of hydrogen-bond acceptors (Lipinski definition) is 3. The first kappa shape index (κ1) is 36.0. The molecule has 0 radical (unpaired) electrons. The van der Waals surface area contributed by atoms with Gasteiger partial charge in [0.1, 0.15) is 5.60 Å². The Kier molecular flexibility index (Phi) is 13.0. The number of aliphatic hydroxyl groups is 3. The fraction of sp³-hybridized carbons (Fsp3) is 0.450. The summed E-state index contributed by atoms with van der Waals surface area (Å²) in [6.45, 7) is 20.4. The summed E-state index contributed by atoms with van der Waals surface area (Å²) >= 11 is 0. The maximum absolute atomic E-state index is 11.3. The van der Waals surface area contributed by atoms with Gasteiger partial charge in [-0.15, -0.1) is 0 Å². The summed E-state index contributed by atoms with van der Waals surface area (Å²) in [5, 5.41) is 31.5. The monoisotopic (exact) mass is 582 g/mol. The summed E-state index contributed by atoms with van der Waals surface area (Å²) in [4.78, 5) is 0. The summed E-state index contributed by atoms with van der Waals surface area (Å²) in [5.74, 6) is 6.66. The van der Waals surface area contributed by atoms with Gasteiger partial charge in [-0.1, -0.05) is 135 Å². The molecule has 3 heteroatoms. The lowest BCUT2D eigenvalue weighted by Gasteiger charge is -2.46. The van der Waals surface area contributed by atoms with Crippen LogP contribution in [0.25, 0.3) is 0 Å². The van der Waals surface area contributed by atoms with E-state index in [9.17, 15) is 15.3 Å². The average molecular weight is 583 g/mol. The van der Waals surface area contributed by atoms with Crippen molar-refractivity contribution in [2.75, 3.05) is 0 Å². The van der Waals surface area contributed by atoms with Crippen LogP contribution in [0.3, 0.4) is 0 Å². The van der Waals surface area contributed by atoms with E-state index in [2.05, 4.69) is 70.8 Å². The lowest BCUT2D eigenvalue weighted by Crippen LogP contribution is -2.48. The van der Waals surface area contributed by atoms with E-state index in [-0.39, 0.29) is 11.5 Å². The van der Waals surface area contributed by atoms with Gasteiger partial charge in [0.2, 0.25) is 0 Å². The van der Waals surface area contributed by atoms with Gasteiger partial charge in [0.25, 0.3) is 0 Å². The van der Waals surface area contributed by atoms with Crippen LogP contribution in [0.4, 0.5) is 0 Å². The van der Waals surface area contributed by atoms with Crippen LogP contribution < -0.4 is 0 Å². The Hall–Kier alpha value is -3.16. The van der Waals surface area contributed by atoms with E-state index in [1.165, 1.54) is 5.57 Å². The Morgan fingerprint density at radius 2 is 1.33 bits per heavy atom. The van der Waals surface area contributed by atoms with Crippen LogP contribution in [0, 0.1) is 22.7 Å². The van der Waals surface area contributed by atoms with Gasteiger partial charge in [0, 0.05) is 16.4 Å². The lowest BCUT2D eigenvalue weighted by atomic mass is 9.64. The molecule has 0 aromatic rings. The molecule has 0 fully saturated rings. The number of hydrogen-bond donors (Lipinski definition) is 3. The Morgan fingerprint density at radius 3 is 1.88 bits per heavy atom. The van der Waals surface area contributed by atoms with E-state index in [0.717, 1.165) is 39.9 Å². The van der Waals surface area contributed by atoms with Crippen molar-refractivity contribution in [1.29, 1.82) is 0 Å². The molecule has 0 aromatic carbocycles. The molecule has 3 N–H and O–H groups in total. The highest BCUT2D eigenvalue weighted by Gasteiger charge is 2.46. The second-order valence-electron chi connectivity index (χ2n) is 13.6. The zero-order valence-corrected chi connectivity index (χ0v) is 28.1. The molecule has 2 aliphatic rings. The quantitative estimate of drug-likeness (QED) is 0.152. The molecule has 0 spiro atoms. The predicted molar refractivity (Wildman–Crippen MR) is 184 cm³/mol. The fourth-order valence-electron chi connectivity index (χ4n) is 5.85. The number of aliphatic hydroxyl groups excluding tert-OH is 2. The first-order chi connectivity index (χ1) is 20.0. The highest BCUT2D eigenvalue weighted by Crippen LogP contribution is 2.45. The van der Waals surface area contributed by atoms with Gasteiger partial charge in [-0.2, -0.15) is 0 Å². The standard InChI is InChI=1S/C40H54O3/c1-29(17-13-19-31(3)21-22-37-33(5)25-35(41)27-38(37,7)8)15-11-12-16-30(2)18-14-20-32(4)23-24-40(43)34(6)26-36(42)28-39(40,9)10/h11-20,23-24,26,35-36,41-43H,25,27-28H2,1-10H3/b12-11+,17-13+,18-14+,24-23+,29-15+,30-16+,31-19+,32-20+/t35-,36-,40-/m1/s1. The van der Waals surface area contributed by atoms with Crippen molar-refractivity contribution in [3.8, 4) is 11.8 Å². The van der Waals surface area contributed by atoms with Crippen molar-refractivity contribution < 1.29 is 15.3 Å². The normalized spacial score (nSPS) is 27.4. The summed E-state index contributed by atoms with van der Waals surface area (Å²) < 4.78 is 0. The minimum Gasteiger partial charge on any atom is -0.393 e. The Morgan fingerprint density at radius 1 is 0.791 bits per heavy atom. The van der Waals surface area contributed by atoms with E-state index in [1.54, 1.807) is 6.08 Å². The molecule has 2 rings (SSSR count). The molecular formula is C40H54O3. The molecular weight excluding hydrogens is 528 g/mol. The van der Waals surface area contributed by atoms with Crippen molar-refractivity contribution in [1.82, 2.24) is 0 Å². The largest absolute Gasteiger partial charge is 0.393 e. The van der Waals surface area contributed by atoms with Gasteiger partial charge >= 0.3 is 0 Å². The molecule has 232 valence electrons. The Bertz CT molecular complexity index is 1380. The molecule has 0 amide bonds. The van der Waals surface area contributed by atoms with E-state index in [4.69, 9.17) is 0 Å². The molecule has 3 atom stereocenters. The fourth-order valence-corrected chi connectivity index (χ4v) is 5.85. The molecule has 3 nitrogen and oxygen atoms in total. The van der Waals surface area contributed by atoms with Gasteiger partial charge < -0.3 is 15.3 Å². The molecule has 0 unspecified atom stereocenters. The molecule has 0 aromatic heterocycles. The third-order valence-electron chi connectivity index (χ3n) is 8.41. The van der Waals surface area contributed by atoms with Crippen molar-refractivity contribution in [2.24, 2.45) is 10.8 Å². The second kappa shape index (κ2) is 15.5. The van der Waals surface area contributed by atoms with Crippen LogP contribution in [-0.2, 0) is 0 Å². The first-order valence-electron chi connectivity index (χ1n) is 15.4. The van der Waals surface area contributed by atoms with E-state index < -0.39 is 17.1 Å². The van der Waals surface area contributed by atoms with E-state index in [0.29, 0.717) is 12.8 Å². The minimum atomic E-state index is -1.08. The van der Waals surface area contributed by atoms with Gasteiger partial charge in [-0.05, 0) is 78.0 Å². The highest BCUT2D eigenvalue weighted by molar-refractivity contribution is 5.45. The lowest BCUT2D eigenvalue weighted by molar-refractivity contribution is -0.0292. The van der Waals surface area contributed by atoms with Crippen LogP contribution in [0.15, 0.2) is 118 Å². The second-order valence-corrected chi connectivity index (χ2v) is 13.6. The van der Waals surface area contributed by atoms with E-state index >= 15 is 0 Å². The smallest absolute Gasteiger partial charge is 0.109 e. The highest BCUT2D eigenvalue weighted by atomic mass is 16.3. The van der Waals surface area contributed by atoms with Gasteiger partial charge in [-0.3, -0.25) is 0 Å². The molecule has 0 aliphatic heterocycles. The molecule has 0 heterocycles. The van der Waals surface area contributed by atoms with Crippen LogP contribution >= 0.6 is 0 Å². The van der Waals surface area contributed by atoms with Crippen molar-refractivity contribution in [2.45, 2.75) is 106 Å². The molecule has 2 aliphatic carbocycles. The van der Waals surface area contributed by atoms with E-state index in [1.807, 2.05) is 83.2 Å². The van der Waals surface area contributed by atoms with Crippen LogP contribution in [-0.4, -0.2) is 33.1 Å². The maximum atomic E-state index is 11.3. The van der Waals surface area contributed by atoms with Crippen LogP contribution in [0.5, 0.6) is 0 Å². The zero-order valence-electron chi connectivity index (χ0n) is 28.1. The average Bonchev–Trinajstić information content (AvgIpc) is 2.87. The summed E-state index contributed by atoms with van der Waals surface area (Å²) in [6.07, 6.45) is 27.2. The number of allylic oxidation sites excluding steroid dienone is 16. The molecule has 0 saturated carbocycles. The minimum absolute atomic E-state index is 0.0912. The first-order valence-corrected chi connectivity index (χ1v) is 15.4. The Labute approximate surface area is 261 Å². The van der Waals surface area contributed by atoms with Gasteiger partial charge in [-0.25, -0.2) is 0 Å². The van der Waals surface area contributed by atoms with Gasteiger partial charge in [0.05, 0.1) is 12.2 Å². The SMILES string of the molecule is CC1=C[C@@H](O)CC(C)(C)[C@@]1(O)/C=C/C(C)=C/C=C/C(C)=C/C=C/C=C(C)/C=C/C=C(\C)C#CC1=C(C)C[C@@H](O)CC1(C)C. The summed E-state index contributed by atoms with van der Waals surface area (Å²) in [7, 11) is 0. The molecule has 0 bridgehead atoms. The molecule has 43 heavy (non-hydrogen) atoms. The number of rotatable bonds is 8. The zero-order chi connectivity index (χ0) is 32.4. The van der Waals surface area contributed by atoms with Crippen molar-refractivity contribution >= 4 is 0 Å². The van der Waals surface area contributed by atoms with Crippen LogP contribution in [0.1, 0.15) is 88.5 Å². The topological polar surface area (TPSA) is 60.7 Å². The molecule has 0 saturated heterocycles. The summed E-state index contributed by atoms with van der Waals surface area (Å²) in [5.41, 5.74) is 5.83. The third-order valence-corrected chi connectivity index (χ3v) is 8.41. The van der Waals surface area contributed by atoms with Crippen molar-refractivity contribution in [3.05, 3.63) is 118 Å². The predicted octanol–water partition coefficient (Wildman–Crippen LogP) is 8.97. The third kappa shape index (κ3) is 10.8. The van der Waals surface area contributed by atoms with Crippen molar-refractivity contribution in [3.63, 3.8) is 0 Å². The Balaban J connectivity index is 1.94. The van der Waals surface area contributed by atoms with Crippen LogP contribution in [0.2, 0.25) is 0 Å². The van der Waals surface area contributed by atoms with Gasteiger partial charge in [0.15, 0.2) is 0 Å². The summed E-state index contributed by atoms with van der Waals surface area (Å²) in [6, 6.07) is 0. The maximum Gasteiger partial charge on any atom is 0.109 e.